The normalized spacial score (nSPS) is 27.4. The molecular weight excluding hydrogens is 252 g/mol. The predicted molar refractivity (Wildman–Crippen MR) is 80.6 cm³/mol. The molecule has 0 aromatic heterocycles. The van der Waals surface area contributed by atoms with Crippen molar-refractivity contribution >= 4 is 5.69 Å². The summed E-state index contributed by atoms with van der Waals surface area (Å²) in [4.78, 5) is 2.46. The molecule has 2 heterocycles. The van der Waals surface area contributed by atoms with Crippen molar-refractivity contribution in [3.63, 3.8) is 0 Å². The third kappa shape index (κ3) is 2.91. The number of nitrogens with one attached hydrogen (secondary N) is 1. The number of benzene rings is 1. The number of rotatable bonds is 2. The van der Waals surface area contributed by atoms with E-state index in [0.29, 0.717) is 0 Å². The van der Waals surface area contributed by atoms with Gasteiger partial charge in [0.2, 0.25) is 0 Å². The number of methoxy groups -OCH3 is 1. The Morgan fingerprint density at radius 2 is 2.15 bits per heavy atom. The van der Waals surface area contributed by atoms with Gasteiger partial charge in [0.05, 0.1) is 20.3 Å². The molecule has 0 amide bonds. The molecule has 0 aliphatic carbocycles. The van der Waals surface area contributed by atoms with Gasteiger partial charge in [0.25, 0.3) is 0 Å². The zero-order valence-electron chi connectivity index (χ0n) is 12.2. The molecule has 20 heavy (non-hydrogen) atoms. The maximum atomic E-state index is 5.88. The SMILES string of the molecule is COc1ccc(N2CCOCC3(CCCNC3)C2)cc1. The summed E-state index contributed by atoms with van der Waals surface area (Å²) in [5.41, 5.74) is 1.54. The van der Waals surface area contributed by atoms with Crippen molar-refractivity contribution in [2.75, 3.05) is 51.4 Å². The van der Waals surface area contributed by atoms with Gasteiger partial charge in [-0.3, -0.25) is 0 Å². The number of hydrogen-bond acceptors (Lipinski definition) is 4. The van der Waals surface area contributed by atoms with E-state index in [-0.39, 0.29) is 5.41 Å². The van der Waals surface area contributed by atoms with Gasteiger partial charge in [0, 0.05) is 30.7 Å². The minimum absolute atomic E-state index is 0.272. The van der Waals surface area contributed by atoms with E-state index in [1.807, 2.05) is 12.1 Å². The lowest BCUT2D eigenvalue weighted by atomic mass is 9.81. The van der Waals surface area contributed by atoms with Crippen LogP contribution in [0.4, 0.5) is 5.69 Å². The van der Waals surface area contributed by atoms with Gasteiger partial charge in [0.15, 0.2) is 0 Å². The Labute approximate surface area is 121 Å². The van der Waals surface area contributed by atoms with Crippen LogP contribution in [0.15, 0.2) is 24.3 Å². The van der Waals surface area contributed by atoms with Crippen molar-refractivity contribution in [1.82, 2.24) is 5.32 Å². The van der Waals surface area contributed by atoms with Gasteiger partial charge >= 0.3 is 0 Å². The van der Waals surface area contributed by atoms with Crippen LogP contribution >= 0.6 is 0 Å². The highest BCUT2D eigenvalue weighted by Crippen LogP contribution is 2.32. The Balaban J connectivity index is 1.76. The first-order valence-corrected chi connectivity index (χ1v) is 7.49. The van der Waals surface area contributed by atoms with Crippen molar-refractivity contribution < 1.29 is 9.47 Å². The summed E-state index contributed by atoms with van der Waals surface area (Å²) in [5, 5.41) is 3.54. The monoisotopic (exact) mass is 276 g/mol. The second kappa shape index (κ2) is 6.02. The van der Waals surface area contributed by atoms with Gasteiger partial charge in [-0.2, -0.15) is 0 Å². The molecule has 1 aromatic carbocycles. The van der Waals surface area contributed by atoms with E-state index in [4.69, 9.17) is 9.47 Å². The van der Waals surface area contributed by atoms with Gasteiger partial charge in [-0.1, -0.05) is 0 Å². The fourth-order valence-electron chi connectivity index (χ4n) is 3.29. The molecule has 1 spiro atoms. The van der Waals surface area contributed by atoms with Crippen LogP contribution in [0.25, 0.3) is 0 Å². The first-order valence-electron chi connectivity index (χ1n) is 7.49. The van der Waals surface area contributed by atoms with Crippen molar-refractivity contribution in [3.8, 4) is 5.75 Å². The zero-order valence-corrected chi connectivity index (χ0v) is 12.2. The van der Waals surface area contributed by atoms with Gasteiger partial charge in [-0.15, -0.1) is 0 Å². The van der Waals surface area contributed by atoms with Crippen LogP contribution in [0, 0.1) is 5.41 Å². The van der Waals surface area contributed by atoms with E-state index in [2.05, 4.69) is 22.3 Å². The zero-order chi connectivity index (χ0) is 13.8. The lowest BCUT2D eigenvalue weighted by Crippen LogP contribution is -2.48. The van der Waals surface area contributed by atoms with Gasteiger partial charge < -0.3 is 19.7 Å². The molecule has 2 aliphatic rings. The van der Waals surface area contributed by atoms with E-state index < -0.39 is 0 Å². The molecule has 110 valence electrons. The molecule has 0 radical (unpaired) electrons. The van der Waals surface area contributed by atoms with Gasteiger partial charge in [0.1, 0.15) is 5.75 Å². The van der Waals surface area contributed by atoms with E-state index in [1.165, 1.54) is 18.5 Å². The van der Waals surface area contributed by atoms with Crippen LogP contribution < -0.4 is 15.0 Å². The Hall–Kier alpha value is -1.26. The van der Waals surface area contributed by atoms with E-state index in [1.54, 1.807) is 7.11 Å². The molecule has 1 aromatic rings. The molecule has 0 bridgehead atoms. The van der Waals surface area contributed by atoms with Crippen LogP contribution in [-0.2, 0) is 4.74 Å². The van der Waals surface area contributed by atoms with Crippen LogP contribution in [0.2, 0.25) is 0 Å². The lowest BCUT2D eigenvalue weighted by molar-refractivity contribution is 0.0536. The van der Waals surface area contributed by atoms with Crippen LogP contribution in [0.3, 0.4) is 0 Å². The Bertz CT molecular complexity index is 427. The van der Waals surface area contributed by atoms with Gasteiger partial charge in [-0.05, 0) is 43.7 Å². The lowest BCUT2D eigenvalue weighted by Gasteiger charge is -2.39. The fraction of sp³-hybridized carbons (Fsp3) is 0.625. The average molecular weight is 276 g/mol. The number of hydrogen-bond donors (Lipinski definition) is 1. The summed E-state index contributed by atoms with van der Waals surface area (Å²) in [6, 6.07) is 8.36. The number of anilines is 1. The third-order valence-corrected chi connectivity index (χ3v) is 4.44. The second-order valence-corrected chi connectivity index (χ2v) is 5.95. The Morgan fingerprint density at radius 3 is 2.85 bits per heavy atom. The maximum absolute atomic E-state index is 5.88. The molecular formula is C16H24N2O2. The summed E-state index contributed by atoms with van der Waals surface area (Å²) in [6.45, 7) is 5.95. The maximum Gasteiger partial charge on any atom is 0.119 e. The topological polar surface area (TPSA) is 33.7 Å². The van der Waals surface area contributed by atoms with Crippen LogP contribution in [0.1, 0.15) is 12.8 Å². The highest BCUT2D eigenvalue weighted by Gasteiger charge is 2.36. The van der Waals surface area contributed by atoms with Crippen molar-refractivity contribution in [1.29, 1.82) is 0 Å². The van der Waals surface area contributed by atoms with Crippen molar-refractivity contribution in [2.24, 2.45) is 5.41 Å². The second-order valence-electron chi connectivity index (χ2n) is 5.95. The minimum Gasteiger partial charge on any atom is -0.497 e. The van der Waals surface area contributed by atoms with Crippen molar-refractivity contribution in [2.45, 2.75) is 12.8 Å². The summed E-state index contributed by atoms with van der Waals surface area (Å²) in [7, 11) is 1.71. The molecule has 1 N–H and O–H groups in total. The molecule has 0 saturated carbocycles. The number of nitrogens with zero attached hydrogens (tertiary/aromatic N) is 1. The number of ether oxygens (including phenoxy) is 2. The van der Waals surface area contributed by atoms with E-state index in [9.17, 15) is 0 Å². The van der Waals surface area contributed by atoms with E-state index in [0.717, 1.165) is 45.1 Å². The smallest absolute Gasteiger partial charge is 0.119 e. The van der Waals surface area contributed by atoms with Crippen LogP contribution in [0.5, 0.6) is 5.75 Å². The fourth-order valence-corrected chi connectivity index (χ4v) is 3.29. The minimum atomic E-state index is 0.272. The Morgan fingerprint density at radius 1 is 1.30 bits per heavy atom. The molecule has 4 nitrogen and oxygen atoms in total. The molecule has 2 fully saturated rings. The van der Waals surface area contributed by atoms with Gasteiger partial charge in [-0.25, -0.2) is 0 Å². The molecule has 4 heteroatoms. The molecule has 3 rings (SSSR count). The average Bonchev–Trinajstić information content (AvgIpc) is 2.71. The molecule has 2 aliphatic heterocycles. The number of piperidine rings is 1. The Kier molecular flexibility index (Phi) is 4.13. The molecule has 1 atom stereocenters. The quantitative estimate of drug-likeness (QED) is 0.894. The molecule has 1 unspecified atom stereocenters. The third-order valence-electron chi connectivity index (χ3n) is 4.44. The first-order chi connectivity index (χ1) is 9.81. The summed E-state index contributed by atoms with van der Waals surface area (Å²) >= 11 is 0. The highest BCUT2D eigenvalue weighted by molar-refractivity contribution is 5.49. The molecule has 2 saturated heterocycles. The first kappa shape index (κ1) is 13.7. The van der Waals surface area contributed by atoms with E-state index >= 15 is 0 Å². The summed E-state index contributed by atoms with van der Waals surface area (Å²) in [6.07, 6.45) is 2.51. The van der Waals surface area contributed by atoms with Crippen molar-refractivity contribution in [3.05, 3.63) is 24.3 Å². The standard InChI is InChI=1S/C16H24N2O2/c1-19-15-5-3-14(4-6-15)18-9-10-20-13-16(12-18)7-2-8-17-11-16/h3-6,17H,2,7-13H2,1H3. The highest BCUT2D eigenvalue weighted by atomic mass is 16.5. The largest absolute Gasteiger partial charge is 0.497 e. The summed E-state index contributed by atoms with van der Waals surface area (Å²) in [5.74, 6) is 0.911. The summed E-state index contributed by atoms with van der Waals surface area (Å²) < 4.78 is 11.1. The predicted octanol–water partition coefficient (Wildman–Crippen LogP) is 1.90. The van der Waals surface area contributed by atoms with Crippen LogP contribution in [-0.4, -0.2) is 46.5 Å².